The molecular formula is C11H22N2O. The third-order valence-corrected chi connectivity index (χ3v) is 2.80. The van der Waals surface area contributed by atoms with Crippen LogP contribution in [-0.4, -0.2) is 29.9 Å². The van der Waals surface area contributed by atoms with Crippen LogP contribution < -0.4 is 5.73 Å². The van der Waals surface area contributed by atoms with Gasteiger partial charge in [-0.1, -0.05) is 19.8 Å². The third kappa shape index (κ3) is 3.66. The van der Waals surface area contributed by atoms with Crippen LogP contribution in [0.1, 0.15) is 45.4 Å². The second-order valence-corrected chi connectivity index (χ2v) is 4.20. The maximum atomic E-state index is 11.7. The summed E-state index contributed by atoms with van der Waals surface area (Å²) in [6, 6.07) is 0.207. The van der Waals surface area contributed by atoms with Gasteiger partial charge in [0.05, 0.1) is 0 Å². The van der Waals surface area contributed by atoms with Gasteiger partial charge in [0.25, 0.3) is 0 Å². The molecule has 0 bridgehead atoms. The number of carbonyl (C=O) groups excluding carboxylic acids is 1. The number of nitrogens with zero attached hydrogens (tertiary/aromatic N) is 1. The molecule has 3 heteroatoms. The van der Waals surface area contributed by atoms with E-state index in [-0.39, 0.29) is 6.04 Å². The molecule has 1 amide bonds. The maximum absolute atomic E-state index is 11.7. The molecule has 1 saturated heterocycles. The van der Waals surface area contributed by atoms with Crippen LogP contribution in [0.5, 0.6) is 0 Å². The lowest BCUT2D eigenvalue weighted by atomic mass is 10.1. The van der Waals surface area contributed by atoms with Gasteiger partial charge in [0.1, 0.15) is 0 Å². The summed E-state index contributed by atoms with van der Waals surface area (Å²) in [5, 5.41) is 0. The molecule has 1 aliphatic rings. The van der Waals surface area contributed by atoms with E-state index in [2.05, 4.69) is 6.92 Å². The van der Waals surface area contributed by atoms with Crippen LogP contribution in [-0.2, 0) is 4.79 Å². The van der Waals surface area contributed by atoms with E-state index in [4.69, 9.17) is 5.73 Å². The largest absolute Gasteiger partial charge is 0.341 e. The Morgan fingerprint density at radius 1 is 1.50 bits per heavy atom. The van der Waals surface area contributed by atoms with E-state index < -0.39 is 0 Å². The Kier molecular flexibility index (Phi) is 4.94. The lowest BCUT2D eigenvalue weighted by Gasteiger charge is -2.30. The number of nitrogens with two attached hydrogens (primary N) is 1. The number of likely N-dealkylation sites (tertiary alicyclic amines) is 1. The summed E-state index contributed by atoms with van der Waals surface area (Å²) < 4.78 is 0. The fourth-order valence-corrected chi connectivity index (χ4v) is 1.92. The van der Waals surface area contributed by atoms with Gasteiger partial charge in [0, 0.05) is 25.6 Å². The first-order valence-electron chi connectivity index (χ1n) is 5.77. The van der Waals surface area contributed by atoms with Crippen molar-refractivity contribution in [2.24, 2.45) is 5.73 Å². The van der Waals surface area contributed by atoms with Crippen LogP contribution in [0.15, 0.2) is 0 Å². The average molecular weight is 198 g/mol. The van der Waals surface area contributed by atoms with E-state index in [0.717, 1.165) is 38.8 Å². The maximum Gasteiger partial charge on any atom is 0.222 e. The Labute approximate surface area is 86.6 Å². The number of unbranched alkanes of at least 4 members (excludes halogenated alkanes) is 2. The lowest BCUT2D eigenvalue weighted by Crippen LogP contribution is -2.45. The smallest absolute Gasteiger partial charge is 0.222 e. The summed E-state index contributed by atoms with van der Waals surface area (Å²) in [6.45, 7) is 3.84. The molecule has 1 rings (SSSR count). The van der Waals surface area contributed by atoms with Gasteiger partial charge in [-0.2, -0.15) is 0 Å². The van der Waals surface area contributed by atoms with Gasteiger partial charge in [-0.15, -0.1) is 0 Å². The quantitative estimate of drug-likeness (QED) is 0.696. The minimum Gasteiger partial charge on any atom is -0.341 e. The van der Waals surface area contributed by atoms with Crippen molar-refractivity contribution < 1.29 is 4.79 Å². The van der Waals surface area contributed by atoms with Crippen molar-refractivity contribution in [1.29, 1.82) is 0 Å². The van der Waals surface area contributed by atoms with Crippen LogP contribution in [0.3, 0.4) is 0 Å². The Hall–Kier alpha value is -0.570. The van der Waals surface area contributed by atoms with Gasteiger partial charge in [0.15, 0.2) is 0 Å². The monoisotopic (exact) mass is 198 g/mol. The number of piperidine rings is 1. The number of carbonyl (C=O) groups is 1. The van der Waals surface area contributed by atoms with E-state index in [1.807, 2.05) is 4.90 Å². The van der Waals surface area contributed by atoms with Crippen LogP contribution in [0.4, 0.5) is 0 Å². The van der Waals surface area contributed by atoms with Gasteiger partial charge < -0.3 is 10.6 Å². The van der Waals surface area contributed by atoms with Crippen molar-refractivity contribution in [3.8, 4) is 0 Å². The second kappa shape index (κ2) is 6.02. The standard InChI is InChI=1S/C11H22N2O/c1-2-3-4-7-11(14)13-8-5-6-10(12)9-13/h10H,2-9,12H2,1H3. The normalized spacial score (nSPS) is 22.4. The molecule has 1 heterocycles. The highest BCUT2D eigenvalue weighted by Crippen LogP contribution is 2.11. The molecule has 3 nitrogen and oxygen atoms in total. The summed E-state index contributed by atoms with van der Waals surface area (Å²) in [7, 11) is 0. The molecule has 0 aromatic rings. The summed E-state index contributed by atoms with van der Waals surface area (Å²) in [6.07, 6.45) is 6.21. The number of hydrogen-bond acceptors (Lipinski definition) is 2. The summed E-state index contributed by atoms with van der Waals surface area (Å²) in [4.78, 5) is 13.6. The molecule has 0 aromatic heterocycles. The van der Waals surface area contributed by atoms with Crippen molar-refractivity contribution in [3.05, 3.63) is 0 Å². The Bertz CT molecular complexity index is 182. The molecule has 1 unspecified atom stereocenters. The molecule has 0 saturated carbocycles. The lowest BCUT2D eigenvalue weighted by molar-refractivity contribution is -0.132. The van der Waals surface area contributed by atoms with E-state index in [1.165, 1.54) is 6.42 Å². The number of rotatable bonds is 4. The second-order valence-electron chi connectivity index (χ2n) is 4.20. The topological polar surface area (TPSA) is 46.3 Å². The molecular weight excluding hydrogens is 176 g/mol. The van der Waals surface area contributed by atoms with Gasteiger partial charge >= 0.3 is 0 Å². The van der Waals surface area contributed by atoms with Crippen molar-refractivity contribution in [3.63, 3.8) is 0 Å². The summed E-state index contributed by atoms with van der Waals surface area (Å²) >= 11 is 0. The van der Waals surface area contributed by atoms with Crippen LogP contribution in [0, 0.1) is 0 Å². The predicted octanol–water partition coefficient (Wildman–Crippen LogP) is 1.52. The number of amides is 1. The van der Waals surface area contributed by atoms with Crippen LogP contribution in [0.25, 0.3) is 0 Å². The molecule has 1 aliphatic heterocycles. The van der Waals surface area contributed by atoms with Crippen molar-refractivity contribution in [2.75, 3.05) is 13.1 Å². The average Bonchev–Trinajstić information content (AvgIpc) is 2.18. The van der Waals surface area contributed by atoms with Gasteiger partial charge in [-0.3, -0.25) is 4.79 Å². The van der Waals surface area contributed by atoms with Crippen molar-refractivity contribution in [2.45, 2.75) is 51.5 Å². The highest BCUT2D eigenvalue weighted by Gasteiger charge is 2.20. The minimum absolute atomic E-state index is 0.207. The van der Waals surface area contributed by atoms with Gasteiger partial charge in [0.2, 0.25) is 5.91 Å². The fraction of sp³-hybridized carbons (Fsp3) is 0.909. The van der Waals surface area contributed by atoms with Gasteiger partial charge in [-0.05, 0) is 19.3 Å². The highest BCUT2D eigenvalue weighted by atomic mass is 16.2. The zero-order valence-electron chi connectivity index (χ0n) is 9.17. The summed E-state index contributed by atoms with van der Waals surface area (Å²) in [5.74, 6) is 0.300. The Morgan fingerprint density at radius 2 is 2.29 bits per heavy atom. The molecule has 1 atom stereocenters. The van der Waals surface area contributed by atoms with E-state index in [1.54, 1.807) is 0 Å². The van der Waals surface area contributed by atoms with Crippen LogP contribution >= 0.6 is 0 Å². The first kappa shape index (κ1) is 11.5. The first-order valence-corrected chi connectivity index (χ1v) is 5.77. The first-order chi connectivity index (χ1) is 6.74. The van der Waals surface area contributed by atoms with E-state index in [9.17, 15) is 4.79 Å². The third-order valence-electron chi connectivity index (χ3n) is 2.80. The molecule has 0 radical (unpaired) electrons. The Balaban J connectivity index is 2.22. The molecule has 14 heavy (non-hydrogen) atoms. The molecule has 2 N–H and O–H groups in total. The zero-order chi connectivity index (χ0) is 10.4. The molecule has 0 aliphatic carbocycles. The van der Waals surface area contributed by atoms with E-state index in [0.29, 0.717) is 12.3 Å². The molecule has 0 spiro atoms. The number of hydrogen-bond donors (Lipinski definition) is 1. The zero-order valence-corrected chi connectivity index (χ0v) is 9.17. The SMILES string of the molecule is CCCCCC(=O)N1CCCC(N)C1. The molecule has 1 fully saturated rings. The highest BCUT2D eigenvalue weighted by molar-refractivity contribution is 5.76. The van der Waals surface area contributed by atoms with E-state index >= 15 is 0 Å². The van der Waals surface area contributed by atoms with Crippen LogP contribution in [0.2, 0.25) is 0 Å². The van der Waals surface area contributed by atoms with Crippen molar-refractivity contribution >= 4 is 5.91 Å². The van der Waals surface area contributed by atoms with Crippen molar-refractivity contribution in [1.82, 2.24) is 4.90 Å². The summed E-state index contributed by atoms with van der Waals surface area (Å²) in [5.41, 5.74) is 5.82. The molecule has 0 aromatic carbocycles. The molecule has 82 valence electrons. The fourth-order valence-electron chi connectivity index (χ4n) is 1.92. The Morgan fingerprint density at radius 3 is 2.93 bits per heavy atom. The minimum atomic E-state index is 0.207. The predicted molar refractivity (Wildman–Crippen MR) is 57.9 cm³/mol. The van der Waals surface area contributed by atoms with Gasteiger partial charge in [-0.25, -0.2) is 0 Å².